The summed E-state index contributed by atoms with van der Waals surface area (Å²) in [5.41, 5.74) is 8.20. The lowest BCUT2D eigenvalue weighted by Crippen LogP contribution is -2.23. The van der Waals surface area contributed by atoms with E-state index in [1.54, 1.807) is 0 Å². The standard InChI is InChI=1S/C16H22N6/c1-2-12-6-8-13(9-7-12)19-16(17)18-11-15-21-20-14-5-3-4-10-22(14)15/h6-9H,2-5,10-11H2,1H3,(H3,17,18,19). The van der Waals surface area contributed by atoms with E-state index in [4.69, 9.17) is 5.73 Å². The maximum absolute atomic E-state index is 5.95. The van der Waals surface area contributed by atoms with Crippen LogP contribution >= 0.6 is 0 Å². The molecule has 1 aliphatic rings. The van der Waals surface area contributed by atoms with Gasteiger partial charge in [0.15, 0.2) is 11.8 Å². The van der Waals surface area contributed by atoms with Crippen LogP contribution in [0, 0.1) is 0 Å². The van der Waals surface area contributed by atoms with E-state index in [9.17, 15) is 0 Å². The Kier molecular flexibility index (Phi) is 4.37. The van der Waals surface area contributed by atoms with E-state index in [1.807, 2.05) is 12.1 Å². The van der Waals surface area contributed by atoms with Gasteiger partial charge in [-0.15, -0.1) is 10.2 Å². The van der Waals surface area contributed by atoms with Crippen LogP contribution in [0.15, 0.2) is 29.3 Å². The molecule has 1 aliphatic heterocycles. The molecule has 2 heterocycles. The van der Waals surface area contributed by atoms with Crippen molar-refractivity contribution in [3.8, 4) is 0 Å². The first-order valence-corrected chi connectivity index (χ1v) is 7.83. The zero-order chi connectivity index (χ0) is 15.4. The Morgan fingerprint density at radius 1 is 1.27 bits per heavy atom. The van der Waals surface area contributed by atoms with E-state index in [-0.39, 0.29) is 0 Å². The van der Waals surface area contributed by atoms with Crippen molar-refractivity contribution in [2.45, 2.75) is 45.7 Å². The number of nitrogens with two attached hydrogens (primary N) is 1. The van der Waals surface area contributed by atoms with Crippen LogP contribution in [-0.4, -0.2) is 20.7 Å². The van der Waals surface area contributed by atoms with Gasteiger partial charge in [0.25, 0.3) is 0 Å². The summed E-state index contributed by atoms with van der Waals surface area (Å²) in [6, 6.07) is 8.20. The van der Waals surface area contributed by atoms with Gasteiger partial charge in [-0.2, -0.15) is 0 Å². The number of benzene rings is 1. The number of aryl methyl sites for hydroxylation is 2. The summed E-state index contributed by atoms with van der Waals surface area (Å²) >= 11 is 0. The minimum Gasteiger partial charge on any atom is -0.370 e. The molecule has 6 nitrogen and oxygen atoms in total. The number of hydrogen-bond acceptors (Lipinski definition) is 3. The minimum absolute atomic E-state index is 0.400. The van der Waals surface area contributed by atoms with Gasteiger partial charge >= 0.3 is 0 Å². The minimum atomic E-state index is 0.400. The van der Waals surface area contributed by atoms with Crippen LogP contribution in [0.4, 0.5) is 5.69 Å². The van der Waals surface area contributed by atoms with Crippen molar-refractivity contribution >= 4 is 11.6 Å². The fourth-order valence-corrected chi connectivity index (χ4v) is 2.65. The number of fused-ring (bicyclic) bond motifs is 1. The van der Waals surface area contributed by atoms with Crippen LogP contribution < -0.4 is 11.1 Å². The third-order valence-electron chi connectivity index (χ3n) is 3.96. The SMILES string of the molecule is CCc1ccc(NC(N)=NCc2nnc3n2CCCC3)cc1. The molecule has 0 aliphatic carbocycles. The molecule has 1 aromatic heterocycles. The monoisotopic (exact) mass is 298 g/mol. The van der Waals surface area contributed by atoms with Crippen LogP contribution in [0.5, 0.6) is 0 Å². The Labute approximate surface area is 130 Å². The summed E-state index contributed by atoms with van der Waals surface area (Å²) in [6.45, 7) is 3.58. The zero-order valence-electron chi connectivity index (χ0n) is 12.9. The number of aliphatic imine (C=N–C) groups is 1. The molecule has 0 spiro atoms. The molecule has 116 valence electrons. The number of guanidine groups is 1. The van der Waals surface area contributed by atoms with Crippen LogP contribution in [0.25, 0.3) is 0 Å². The molecule has 0 radical (unpaired) electrons. The Morgan fingerprint density at radius 3 is 2.86 bits per heavy atom. The van der Waals surface area contributed by atoms with Crippen LogP contribution in [-0.2, 0) is 25.9 Å². The van der Waals surface area contributed by atoms with Gasteiger partial charge < -0.3 is 15.6 Å². The summed E-state index contributed by atoms with van der Waals surface area (Å²) in [7, 11) is 0. The molecular formula is C16H22N6. The first kappa shape index (κ1) is 14.6. The van der Waals surface area contributed by atoms with E-state index in [0.29, 0.717) is 12.5 Å². The second-order valence-electron chi connectivity index (χ2n) is 5.52. The highest BCUT2D eigenvalue weighted by Gasteiger charge is 2.15. The summed E-state index contributed by atoms with van der Waals surface area (Å²) in [4.78, 5) is 4.37. The van der Waals surface area contributed by atoms with Gasteiger partial charge in [0.05, 0.1) is 0 Å². The van der Waals surface area contributed by atoms with Gasteiger partial charge in [0, 0.05) is 18.7 Å². The van der Waals surface area contributed by atoms with Crippen molar-refractivity contribution in [3.05, 3.63) is 41.5 Å². The molecule has 6 heteroatoms. The van der Waals surface area contributed by atoms with E-state index >= 15 is 0 Å². The van der Waals surface area contributed by atoms with Crippen molar-refractivity contribution < 1.29 is 0 Å². The summed E-state index contributed by atoms with van der Waals surface area (Å²) < 4.78 is 2.16. The van der Waals surface area contributed by atoms with E-state index in [2.05, 4.69) is 44.1 Å². The highest BCUT2D eigenvalue weighted by Crippen LogP contribution is 2.15. The molecule has 0 bridgehead atoms. The number of aromatic nitrogens is 3. The fourth-order valence-electron chi connectivity index (χ4n) is 2.65. The first-order valence-electron chi connectivity index (χ1n) is 7.83. The Balaban J connectivity index is 1.63. The molecule has 0 amide bonds. The van der Waals surface area contributed by atoms with Crippen LogP contribution in [0.3, 0.4) is 0 Å². The molecule has 0 saturated carbocycles. The normalized spacial score (nSPS) is 14.7. The molecule has 0 fully saturated rings. The lowest BCUT2D eigenvalue weighted by molar-refractivity contribution is 0.508. The number of rotatable bonds is 4. The van der Waals surface area contributed by atoms with E-state index in [0.717, 1.165) is 36.7 Å². The molecule has 0 atom stereocenters. The number of hydrogen-bond donors (Lipinski definition) is 2. The topological polar surface area (TPSA) is 81.1 Å². The zero-order valence-corrected chi connectivity index (χ0v) is 12.9. The Morgan fingerprint density at radius 2 is 2.09 bits per heavy atom. The second kappa shape index (κ2) is 6.60. The summed E-state index contributed by atoms with van der Waals surface area (Å²) in [6.07, 6.45) is 4.41. The maximum atomic E-state index is 5.95. The largest absolute Gasteiger partial charge is 0.370 e. The third-order valence-corrected chi connectivity index (χ3v) is 3.96. The van der Waals surface area contributed by atoms with Gasteiger partial charge in [-0.3, -0.25) is 0 Å². The molecule has 0 saturated heterocycles. The van der Waals surface area contributed by atoms with E-state index < -0.39 is 0 Å². The molecule has 0 unspecified atom stereocenters. The molecule has 3 N–H and O–H groups in total. The average molecular weight is 298 g/mol. The summed E-state index contributed by atoms with van der Waals surface area (Å²) in [5, 5.41) is 11.5. The number of nitrogens with zero attached hydrogens (tertiary/aromatic N) is 4. The van der Waals surface area contributed by atoms with Crippen molar-refractivity contribution in [3.63, 3.8) is 0 Å². The van der Waals surface area contributed by atoms with Crippen molar-refractivity contribution in [1.82, 2.24) is 14.8 Å². The maximum Gasteiger partial charge on any atom is 0.193 e. The Bertz CT molecular complexity index is 656. The molecule has 1 aromatic carbocycles. The molecule has 3 rings (SSSR count). The van der Waals surface area contributed by atoms with Crippen molar-refractivity contribution in [2.24, 2.45) is 10.7 Å². The fraction of sp³-hybridized carbons (Fsp3) is 0.438. The highest BCUT2D eigenvalue weighted by atomic mass is 15.3. The van der Waals surface area contributed by atoms with Gasteiger partial charge in [0.2, 0.25) is 0 Å². The molecule has 2 aromatic rings. The second-order valence-corrected chi connectivity index (χ2v) is 5.52. The third kappa shape index (κ3) is 3.27. The predicted octanol–water partition coefficient (Wildman–Crippen LogP) is 2.10. The quantitative estimate of drug-likeness (QED) is 0.669. The first-order chi connectivity index (χ1) is 10.8. The van der Waals surface area contributed by atoms with Gasteiger partial charge in [-0.25, -0.2) is 4.99 Å². The predicted molar refractivity (Wildman–Crippen MR) is 87.7 cm³/mol. The van der Waals surface area contributed by atoms with Crippen LogP contribution in [0.2, 0.25) is 0 Å². The van der Waals surface area contributed by atoms with Crippen molar-refractivity contribution in [2.75, 3.05) is 5.32 Å². The molecule has 22 heavy (non-hydrogen) atoms. The Hall–Kier alpha value is -2.37. The lowest BCUT2D eigenvalue weighted by atomic mass is 10.1. The van der Waals surface area contributed by atoms with Gasteiger partial charge in [-0.05, 0) is 37.0 Å². The number of anilines is 1. The summed E-state index contributed by atoms with van der Waals surface area (Å²) in [5.74, 6) is 2.36. The van der Waals surface area contributed by atoms with E-state index in [1.165, 1.54) is 18.4 Å². The lowest BCUT2D eigenvalue weighted by Gasteiger charge is -2.14. The van der Waals surface area contributed by atoms with Crippen molar-refractivity contribution in [1.29, 1.82) is 0 Å². The average Bonchev–Trinajstić information content (AvgIpc) is 2.97. The van der Waals surface area contributed by atoms with Crippen LogP contribution in [0.1, 0.15) is 37.0 Å². The molecular weight excluding hydrogens is 276 g/mol. The highest BCUT2D eigenvalue weighted by molar-refractivity contribution is 5.92. The smallest absolute Gasteiger partial charge is 0.193 e. The number of nitrogens with one attached hydrogen (secondary N) is 1. The van der Waals surface area contributed by atoms with Gasteiger partial charge in [-0.1, -0.05) is 19.1 Å². The van der Waals surface area contributed by atoms with Gasteiger partial charge in [0.1, 0.15) is 12.4 Å².